The van der Waals surface area contributed by atoms with Gasteiger partial charge in [-0.25, -0.2) is 9.55 Å². The third-order valence-corrected chi connectivity index (χ3v) is 8.83. The molecule has 0 aliphatic carbocycles. The molecule has 41 heavy (non-hydrogen) atoms. The van der Waals surface area contributed by atoms with Crippen LogP contribution in [0.25, 0.3) is 44.7 Å². The molecule has 0 N–H and O–H groups in total. The van der Waals surface area contributed by atoms with Gasteiger partial charge in [-0.3, -0.25) is 0 Å². The van der Waals surface area contributed by atoms with Gasteiger partial charge in [0, 0.05) is 29.9 Å². The van der Waals surface area contributed by atoms with Gasteiger partial charge in [-0.15, -0.1) is 0 Å². The second kappa shape index (κ2) is 9.59. The van der Waals surface area contributed by atoms with Gasteiger partial charge in [0.15, 0.2) is 0 Å². The normalized spacial score (nSPS) is 12.5. The molecule has 204 valence electrons. The van der Waals surface area contributed by atoms with Gasteiger partial charge in [0.1, 0.15) is 23.9 Å². The molecule has 0 saturated carbocycles. The molecule has 0 atom stereocenters. The third-order valence-electron chi connectivity index (χ3n) is 8.83. The Bertz CT molecular complexity index is 1910. The van der Waals surface area contributed by atoms with Crippen LogP contribution >= 0.6 is 0 Å². The van der Waals surface area contributed by atoms with E-state index in [2.05, 4.69) is 141 Å². The van der Waals surface area contributed by atoms with E-state index < -0.39 is 0 Å². The highest BCUT2D eigenvalue weighted by atomic mass is 15.2. The molecule has 1 aliphatic rings. The van der Waals surface area contributed by atoms with Crippen LogP contribution < -0.4 is 4.57 Å². The fourth-order valence-corrected chi connectivity index (χ4v) is 6.80. The van der Waals surface area contributed by atoms with Gasteiger partial charge in [0.05, 0.1) is 18.3 Å². The smallest absolute Gasteiger partial charge is 0.296 e. The largest absolute Gasteiger partial charge is 0.302 e. The number of hydrogen-bond acceptors (Lipinski definition) is 1. The lowest BCUT2D eigenvalue weighted by atomic mass is 9.88. The second-order valence-electron chi connectivity index (χ2n) is 12.0. The zero-order valence-corrected chi connectivity index (χ0v) is 24.8. The molecule has 4 aromatic carbocycles. The Morgan fingerprint density at radius 1 is 0.756 bits per heavy atom. The van der Waals surface area contributed by atoms with Gasteiger partial charge in [-0.05, 0) is 63.9 Å². The van der Waals surface area contributed by atoms with E-state index in [4.69, 9.17) is 4.98 Å². The average molecular weight is 538 g/mol. The van der Waals surface area contributed by atoms with Crippen LogP contribution in [-0.4, -0.2) is 14.1 Å². The van der Waals surface area contributed by atoms with Crippen molar-refractivity contribution >= 4 is 10.8 Å². The Morgan fingerprint density at radius 3 is 2.10 bits per heavy atom. The van der Waals surface area contributed by atoms with Crippen molar-refractivity contribution in [2.45, 2.75) is 52.9 Å². The number of hydrogen-bond donors (Lipinski definition) is 0. The van der Waals surface area contributed by atoms with Crippen LogP contribution in [0.5, 0.6) is 0 Å². The maximum atomic E-state index is 4.74. The maximum Gasteiger partial charge on any atom is 0.296 e. The second-order valence-corrected chi connectivity index (χ2v) is 12.0. The first-order valence-electron chi connectivity index (χ1n) is 14.7. The van der Waals surface area contributed by atoms with E-state index in [0.29, 0.717) is 11.8 Å². The summed E-state index contributed by atoms with van der Waals surface area (Å²) in [4.78, 5) is 4.74. The zero-order chi connectivity index (χ0) is 28.4. The summed E-state index contributed by atoms with van der Waals surface area (Å²) in [6, 6.07) is 24.5. The van der Waals surface area contributed by atoms with E-state index in [1.54, 1.807) is 0 Å². The minimum atomic E-state index is 0.357. The van der Waals surface area contributed by atoms with Crippen LogP contribution in [0.3, 0.4) is 0 Å². The first-order chi connectivity index (χ1) is 19.8. The number of nitrogens with zero attached hydrogens (tertiary/aromatic N) is 4. The van der Waals surface area contributed by atoms with Crippen LogP contribution in [0.1, 0.15) is 67.6 Å². The summed E-state index contributed by atoms with van der Waals surface area (Å²) < 4.78 is 7.07. The number of imidazole rings is 2. The predicted molar refractivity (Wildman–Crippen MR) is 168 cm³/mol. The minimum Gasteiger partial charge on any atom is -0.302 e. The molecule has 4 nitrogen and oxygen atoms in total. The van der Waals surface area contributed by atoms with Crippen molar-refractivity contribution < 1.29 is 4.57 Å². The fourth-order valence-electron chi connectivity index (χ4n) is 6.80. The number of rotatable bonds is 5. The van der Waals surface area contributed by atoms with E-state index in [9.17, 15) is 0 Å². The number of fused-ring (bicyclic) bond motifs is 5. The number of aromatic nitrogens is 4. The molecule has 0 saturated heterocycles. The molecule has 4 heteroatoms. The van der Waals surface area contributed by atoms with Gasteiger partial charge in [0.2, 0.25) is 0 Å². The Morgan fingerprint density at radius 2 is 1.41 bits per heavy atom. The van der Waals surface area contributed by atoms with Crippen molar-refractivity contribution in [3.05, 3.63) is 120 Å². The average Bonchev–Trinajstić information content (AvgIpc) is 3.68. The van der Waals surface area contributed by atoms with Crippen LogP contribution in [-0.2, 0) is 13.5 Å². The molecular formula is C37H37N4+. The molecule has 2 aromatic heterocycles. The van der Waals surface area contributed by atoms with Gasteiger partial charge in [-0.1, -0.05) is 82.3 Å². The lowest BCUT2D eigenvalue weighted by Crippen LogP contribution is -2.30. The fraction of sp³-hybridized carbons (Fsp3) is 0.243. The van der Waals surface area contributed by atoms with E-state index in [-0.39, 0.29) is 0 Å². The Balaban J connectivity index is 1.57. The molecule has 7 rings (SSSR count). The van der Waals surface area contributed by atoms with Crippen LogP contribution in [0.2, 0.25) is 0 Å². The van der Waals surface area contributed by atoms with Gasteiger partial charge in [-0.2, -0.15) is 4.57 Å². The third kappa shape index (κ3) is 3.88. The zero-order valence-electron chi connectivity index (χ0n) is 24.8. The maximum absolute atomic E-state index is 4.74. The molecular weight excluding hydrogens is 500 g/mol. The van der Waals surface area contributed by atoms with Gasteiger partial charge < -0.3 is 4.57 Å². The molecule has 0 amide bonds. The highest BCUT2D eigenvalue weighted by Crippen LogP contribution is 2.44. The van der Waals surface area contributed by atoms with Gasteiger partial charge in [0.25, 0.3) is 5.82 Å². The lowest BCUT2D eigenvalue weighted by Gasteiger charge is -2.21. The summed E-state index contributed by atoms with van der Waals surface area (Å²) in [7, 11) is 2.18. The first-order valence-corrected chi connectivity index (χ1v) is 14.7. The van der Waals surface area contributed by atoms with Crippen LogP contribution in [0.4, 0.5) is 0 Å². The molecule has 0 spiro atoms. The van der Waals surface area contributed by atoms with Gasteiger partial charge >= 0.3 is 0 Å². The molecule has 6 aromatic rings. The number of aryl methyl sites for hydroxylation is 2. The van der Waals surface area contributed by atoms with Crippen molar-refractivity contribution in [2.75, 3.05) is 0 Å². The molecule has 0 radical (unpaired) electrons. The highest BCUT2D eigenvalue weighted by Gasteiger charge is 2.34. The molecule has 3 heterocycles. The summed E-state index contributed by atoms with van der Waals surface area (Å²) in [5, 5.41) is 2.64. The summed E-state index contributed by atoms with van der Waals surface area (Å²) in [6.45, 7) is 11.6. The molecule has 0 unspecified atom stereocenters. The summed E-state index contributed by atoms with van der Waals surface area (Å²) in [5.74, 6) is 3.02. The summed E-state index contributed by atoms with van der Waals surface area (Å²) >= 11 is 0. The lowest BCUT2D eigenvalue weighted by molar-refractivity contribution is -0.659. The SMILES string of the molecule is Cc1c(-c2n(-c3c(C(C)C)cc(-c4ccccc4)cc3C(C)C)cc[n+]2C)c2c(c3ccccc13)Cc1nccn1-2. The van der Waals surface area contributed by atoms with Crippen LogP contribution in [0, 0.1) is 6.92 Å². The van der Waals surface area contributed by atoms with Crippen molar-refractivity contribution in [3.8, 4) is 33.9 Å². The monoisotopic (exact) mass is 537 g/mol. The summed E-state index contributed by atoms with van der Waals surface area (Å²) in [5.41, 5.74) is 11.8. The van der Waals surface area contributed by atoms with E-state index in [1.807, 2.05) is 6.20 Å². The molecule has 0 fully saturated rings. The quantitative estimate of drug-likeness (QED) is 0.202. The van der Waals surface area contributed by atoms with Crippen molar-refractivity contribution in [1.29, 1.82) is 0 Å². The van der Waals surface area contributed by atoms with Crippen molar-refractivity contribution in [1.82, 2.24) is 14.1 Å². The number of benzene rings is 4. The predicted octanol–water partition coefficient (Wildman–Crippen LogP) is 8.43. The summed E-state index contributed by atoms with van der Waals surface area (Å²) in [6.07, 6.45) is 9.37. The topological polar surface area (TPSA) is 26.6 Å². The van der Waals surface area contributed by atoms with E-state index in [0.717, 1.165) is 12.2 Å². The van der Waals surface area contributed by atoms with E-state index in [1.165, 1.54) is 66.9 Å². The highest BCUT2D eigenvalue weighted by molar-refractivity contribution is 5.99. The Hall–Kier alpha value is -4.44. The molecule has 1 aliphatic heterocycles. The van der Waals surface area contributed by atoms with Crippen LogP contribution in [0.15, 0.2) is 91.5 Å². The first kappa shape index (κ1) is 25.5. The van der Waals surface area contributed by atoms with E-state index >= 15 is 0 Å². The van der Waals surface area contributed by atoms with Crippen molar-refractivity contribution in [3.63, 3.8) is 0 Å². The Kier molecular flexibility index (Phi) is 5.97. The molecule has 0 bridgehead atoms. The minimum absolute atomic E-state index is 0.357. The Labute approximate surface area is 242 Å². The van der Waals surface area contributed by atoms with Crippen molar-refractivity contribution in [2.24, 2.45) is 7.05 Å². The standard InChI is InChI=1S/C37H37N4/c1-23(2)30-20-27(26-12-8-7-9-13-26)21-31(24(3)4)35(30)41-19-18-39(6)37(41)34-25(5)28-14-10-11-15-29(28)32-22-33-38-16-17-40(33)36(32)34/h7-21,23-24H,22H2,1-6H3/q+1.